The molecule has 1 N–H and O–H groups in total. The summed E-state index contributed by atoms with van der Waals surface area (Å²) in [6, 6.07) is 11.5. The first-order valence-corrected chi connectivity index (χ1v) is 6.57. The third-order valence-corrected chi connectivity index (χ3v) is 3.46. The van der Waals surface area contributed by atoms with Crippen LogP contribution in [0.4, 0.5) is 10.1 Å². The van der Waals surface area contributed by atoms with E-state index < -0.39 is 0 Å². The highest BCUT2D eigenvalue weighted by Crippen LogP contribution is 2.25. The van der Waals surface area contributed by atoms with Crippen molar-refractivity contribution in [3.63, 3.8) is 0 Å². The molecular weight excluding hydrogens is 237 g/mol. The van der Waals surface area contributed by atoms with E-state index in [4.69, 9.17) is 0 Å². The number of aryl methyl sites for hydroxylation is 3. The normalized spacial score (nSPS) is 12.3. The van der Waals surface area contributed by atoms with Gasteiger partial charge in [-0.05, 0) is 62.6 Å². The SMILES string of the molecule is Cc1ccc(C)c(C(C)Nc2ccc(F)cc2C)c1. The molecule has 1 unspecified atom stereocenters. The molecular formula is C17H20FN. The molecule has 0 saturated carbocycles. The second kappa shape index (κ2) is 5.43. The smallest absolute Gasteiger partial charge is 0.123 e. The third-order valence-electron chi connectivity index (χ3n) is 3.46. The maximum atomic E-state index is 13.1. The summed E-state index contributed by atoms with van der Waals surface area (Å²) in [7, 11) is 0. The lowest BCUT2D eigenvalue weighted by molar-refractivity contribution is 0.626. The molecule has 0 aliphatic heterocycles. The topological polar surface area (TPSA) is 12.0 Å². The fourth-order valence-corrected chi connectivity index (χ4v) is 2.33. The molecule has 0 heterocycles. The zero-order valence-electron chi connectivity index (χ0n) is 11.9. The van der Waals surface area contributed by atoms with Gasteiger partial charge in [0.15, 0.2) is 0 Å². The predicted octanol–water partition coefficient (Wildman–Crippen LogP) is 4.92. The molecule has 100 valence electrons. The van der Waals surface area contributed by atoms with Crippen LogP contribution in [-0.4, -0.2) is 0 Å². The van der Waals surface area contributed by atoms with Crippen LogP contribution >= 0.6 is 0 Å². The number of nitrogens with one attached hydrogen (secondary N) is 1. The zero-order chi connectivity index (χ0) is 14.0. The highest BCUT2D eigenvalue weighted by Gasteiger charge is 2.10. The van der Waals surface area contributed by atoms with Gasteiger partial charge in [0, 0.05) is 11.7 Å². The van der Waals surface area contributed by atoms with Crippen LogP contribution in [0.1, 0.15) is 35.2 Å². The number of hydrogen-bond donors (Lipinski definition) is 1. The van der Waals surface area contributed by atoms with Crippen molar-refractivity contribution >= 4 is 5.69 Å². The second-order valence-electron chi connectivity index (χ2n) is 5.19. The Labute approximate surface area is 114 Å². The van der Waals surface area contributed by atoms with E-state index in [1.807, 2.05) is 6.92 Å². The molecule has 0 fully saturated rings. The van der Waals surface area contributed by atoms with Gasteiger partial charge in [0.2, 0.25) is 0 Å². The molecule has 0 amide bonds. The van der Waals surface area contributed by atoms with E-state index in [0.29, 0.717) is 0 Å². The molecule has 0 aromatic heterocycles. The monoisotopic (exact) mass is 257 g/mol. The van der Waals surface area contributed by atoms with Gasteiger partial charge in [0.25, 0.3) is 0 Å². The predicted molar refractivity (Wildman–Crippen MR) is 79.1 cm³/mol. The fraction of sp³-hybridized carbons (Fsp3) is 0.294. The third kappa shape index (κ3) is 3.14. The Hall–Kier alpha value is -1.83. The fourth-order valence-electron chi connectivity index (χ4n) is 2.33. The summed E-state index contributed by atoms with van der Waals surface area (Å²) in [5.74, 6) is -0.192. The Morgan fingerprint density at radius 2 is 1.68 bits per heavy atom. The average molecular weight is 257 g/mol. The molecule has 2 aromatic rings. The molecule has 2 rings (SSSR count). The first-order chi connectivity index (χ1) is 8.97. The minimum absolute atomic E-state index is 0.192. The number of halogens is 1. The standard InChI is InChI=1S/C17H20FN/c1-11-5-6-12(2)16(9-11)14(4)19-17-8-7-15(18)10-13(17)3/h5-10,14,19H,1-4H3. The minimum atomic E-state index is -0.192. The summed E-state index contributed by atoms with van der Waals surface area (Å²) >= 11 is 0. The lowest BCUT2D eigenvalue weighted by Crippen LogP contribution is -2.09. The first kappa shape index (κ1) is 13.6. The Morgan fingerprint density at radius 3 is 2.37 bits per heavy atom. The molecule has 0 spiro atoms. The molecule has 0 radical (unpaired) electrons. The van der Waals surface area contributed by atoms with Gasteiger partial charge in [-0.25, -0.2) is 4.39 Å². The summed E-state index contributed by atoms with van der Waals surface area (Å²) in [4.78, 5) is 0. The molecule has 0 bridgehead atoms. The van der Waals surface area contributed by atoms with Crippen molar-refractivity contribution in [2.75, 3.05) is 5.32 Å². The van der Waals surface area contributed by atoms with Gasteiger partial charge in [0.05, 0.1) is 0 Å². The van der Waals surface area contributed by atoms with Crippen LogP contribution in [-0.2, 0) is 0 Å². The summed E-state index contributed by atoms with van der Waals surface area (Å²) in [5.41, 5.74) is 5.71. The van der Waals surface area contributed by atoms with Crippen LogP contribution in [0.15, 0.2) is 36.4 Å². The van der Waals surface area contributed by atoms with Crippen molar-refractivity contribution in [3.8, 4) is 0 Å². The number of benzene rings is 2. The number of anilines is 1. The lowest BCUT2D eigenvalue weighted by Gasteiger charge is -2.20. The van der Waals surface area contributed by atoms with E-state index in [1.54, 1.807) is 12.1 Å². The largest absolute Gasteiger partial charge is 0.378 e. The molecule has 2 aromatic carbocycles. The molecule has 19 heavy (non-hydrogen) atoms. The molecule has 1 nitrogen and oxygen atoms in total. The van der Waals surface area contributed by atoms with Crippen LogP contribution in [0.5, 0.6) is 0 Å². The van der Waals surface area contributed by atoms with Gasteiger partial charge < -0.3 is 5.32 Å². The van der Waals surface area contributed by atoms with Crippen molar-refractivity contribution in [1.29, 1.82) is 0 Å². The van der Waals surface area contributed by atoms with Crippen molar-refractivity contribution in [2.45, 2.75) is 33.7 Å². The van der Waals surface area contributed by atoms with Crippen molar-refractivity contribution in [2.24, 2.45) is 0 Å². The Kier molecular flexibility index (Phi) is 3.89. The molecule has 0 aliphatic carbocycles. The van der Waals surface area contributed by atoms with Gasteiger partial charge in [0.1, 0.15) is 5.82 Å². The van der Waals surface area contributed by atoms with Gasteiger partial charge in [-0.15, -0.1) is 0 Å². The maximum absolute atomic E-state index is 13.1. The summed E-state index contributed by atoms with van der Waals surface area (Å²) in [6.07, 6.45) is 0. The summed E-state index contributed by atoms with van der Waals surface area (Å²) < 4.78 is 13.1. The molecule has 2 heteroatoms. The second-order valence-corrected chi connectivity index (χ2v) is 5.19. The number of rotatable bonds is 3. The van der Waals surface area contributed by atoms with Gasteiger partial charge in [-0.1, -0.05) is 23.8 Å². The Balaban J connectivity index is 2.25. The van der Waals surface area contributed by atoms with E-state index >= 15 is 0 Å². The lowest BCUT2D eigenvalue weighted by atomic mass is 9.99. The van der Waals surface area contributed by atoms with E-state index in [9.17, 15) is 4.39 Å². The van der Waals surface area contributed by atoms with Crippen molar-refractivity contribution in [3.05, 3.63) is 64.5 Å². The highest BCUT2D eigenvalue weighted by atomic mass is 19.1. The molecule has 0 aliphatic rings. The number of hydrogen-bond acceptors (Lipinski definition) is 1. The van der Waals surface area contributed by atoms with Crippen LogP contribution in [0.25, 0.3) is 0 Å². The summed E-state index contributed by atoms with van der Waals surface area (Å²) in [5, 5.41) is 3.46. The van der Waals surface area contributed by atoms with Gasteiger partial charge in [-0.3, -0.25) is 0 Å². The first-order valence-electron chi connectivity index (χ1n) is 6.57. The maximum Gasteiger partial charge on any atom is 0.123 e. The average Bonchev–Trinajstić information content (AvgIpc) is 2.35. The van der Waals surface area contributed by atoms with Crippen molar-refractivity contribution in [1.82, 2.24) is 0 Å². The quantitative estimate of drug-likeness (QED) is 0.822. The highest BCUT2D eigenvalue weighted by molar-refractivity contribution is 5.52. The van der Waals surface area contributed by atoms with Gasteiger partial charge in [-0.2, -0.15) is 0 Å². The van der Waals surface area contributed by atoms with Crippen LogP contribution < -0.4 is 5.32 Å². The van der Waals surface area contributed by atoms with E-state index in [2.05, 4.69) is 44.3 Å². The molecule has 0 saturated heterocycles. The van der Waals surface area contributed by atoms with Crippen LogP contribution in [0, 0.1) is 26.6 Å². The minimum Gasteiger partial charge on any atom is -0.378 e. The van der Waals surface area contributed by atoms with E-state index in [1.165, 1.54) is 22.8 Å². The van der Waals surface area contributed by atoms with Gasteiger partial charge >= 0.3 is 0 Å². The zero-order valence-corrected chi connectivity index (χ0v) is 11.9. The van der Waals surface area contributed by atoms with Crippen LogP contribution in [0.3, 0.4) is 0 Å². The summed E-state index contributed by atoms with van der Waals surface area (Å²) in [6.45, 7) is 8.26. The van der Waals surface area contributed by atoms with Crippen LogP contribution in [0.2, 0.25) is 0 Å². The Bertz CT molecular complexity index is 590. The molecule has 1 atom stereocenters. The Morgan fingerprint density at radius 1 is 0.947 bits per heavy atom. The van der Waals surface area contributed by atoms with Crippen molar-refractivity contribution < 1.29 is 4.39 Å². The van der Waals surface area contributed by atoms with E-state index in [0.717, 1.165) is 11.3 Å². The van der Waals surface area contributed by atoms with E-state index in [-0.39, 0.29) is 11.9 Å².